The van der Waals surface area contributed by atoms with Crippen molar-refractivity contribution in [2.75, 3.05) is 0 Å². The first-order chi connectivity index (χ1) is 13.3. The summed E-state index contributed by atoms with van der Waals surface area (Å²) in [6.07, 6.45) is 11.0. The fourth-order valence-electron chi connectivity index (χ4n) is 7.60. The van der Waals surface area contributed by atoms with E-state index in [-0.39, 0.29) is 10.5 Å². The number of allylic oxidation sites excluding steroid dienone is 1. The number of Topliss-reactive ketones (excluding diaryl/α,β-unsaturated/α-hetero) is 1. The van der Waals surface area contributed by atoms with Gasteiger partial charge in [-0.25, -0.2) is 0 Å². The number of hydrogen-bond acceptors (Lipinski definition) is 2. The monoisotopic (exact) mass is 416 g/mol. The van der Waals surface area contributed by atoms with E-state index in [2.05, 4.69) is 60.7 Å². The highest BCUT2D eigenvalue weighted by Crippen LogP contribution is 2.65. The molecule has 0 amide bonds. The van der Waals surface area contributed by atoms with E-state index in [1.807, 2.05) is 0 Å². The number of ketones is 1. The minimum Gasteiger partial charge on any atom is -0.414 e. The topological polar surface area (TPSA) is 26.3 Å². The molecule has 0 radical (unpaired) electrons. The highest BCUT2D eigenvalue weighted by molar-refractivity contribution is 6.74. The van der Waals surface area contributed by atoms with Crippen LogP contribution in [-0.2, 0) is 9.22 Å². The quantitative estimate of drug-likeness (QED) is 0.353. The zero-order chi connectivity index (χ0) is 21.4. The predicted molar refractivity (Wildman–Crippen MR) is 123 cm³/mol. The van der Waals surface area contributed by atoms with Gasteiger partial charge in [0.05, 0.1) is 0 Å². The number of rotatable bonds is 2. The molecule has 0 aromatic rings. The van der Waals surface area contributed by atoms with Crippen LogP contribution in [0.2, 0.25) is 18.1 Å². The molecule has 3 saturated carbocycles. The molecule has 4 aliphatic carbocycles. The summed E-state index contributed by atoms with van der Waals surface area (Å²) < 4.78 is 6.84. The summed E-state index contributed by atoms with van der Waals surface area (Å²) in [4.78, 5) is 12.8. The molecule has 0 saturated heterocycles. The molecule has 0 aliphatic heterocycles. The van der Waals surface area contributed by atoms with E-state index < -0.39 is 8.32 Å². The molecule has 0 spiro atoms. The van der Waals surface area contributed by atoms with Crippen LogP contribution in [0.1, 0.15) is 86.5 Å². The van der Waals surface area contributed by atoms with Crippen molar-refractivity contribution in [2.24, 2.45) is 34.5 Å². The summed E-state index contributed by atoms with van der Waals surface area (Å²) in [5, 5.41) is 0.277. The second kappa shape index (κ2) is 6.79. The first-order valence-corrected chi connectivity index (χ1v) is 15.1. The fraction of sp³-hybridized carbons (Fsp3) is 0.885. The van der Waals surface area contributed by atoms with E-state index in [0.717, 1.165) is 25.2 Å². The number of carbonyl (C=O) groups is 1. The van der Waals surface area contributed by atoms with Crippen molar-refractivity contribution in [3.63, 3.8) is 0 Å². The zero-order valence-corrected chi connectivity index (χ0v) is 21.2. The standard InChI is InChI=1S/C26H44O2Si/c1-17-15-22(27)26(6)14-12-21-20(23(17)26)10-9-18-16-19(11-13-25(18,21)5)28-29(7,8)24(2,3)4/h9,17,19-21,23H,10-16H2,1-8H3/t17-,19-,20+,21-,23-,25-,26+/m0/s1. The lowest BCUT2D eigenvalue weighted by molar-refractivity contribution is -0.132. The predicted octanol–water partition coefficient (Wildman–Crippen LogP) is 7.15. The second-order valence-electron chi connectivity index (χ2n) is 13.0. The molecule has 0 bridgehead atoms. The van der Waals surface area contributed by atoms with Gasteiger partial charge >= 0.3 is 0 Å². The smallest absolute Gasteiger partial charge is 0.192 e. The van der Waals surface area contributed by atoms with Crippen molar-refractivity contribution in [3.8, 4) is 0 Å². The molecule has 3 heteroatoms. The molecule has 164 valence electrons. The van der Waals surface area contributed by atoms with E-state index in [1.54, 1.807) is 5.57 Å². The number of hydrogen-bond donors (Lipinski definition) is 0. The van der Waals surface area contributed by atoms with Crippen LogP contribution in [0.4, 0.5) is 0 Å². The second-order valence-corrected chi connectivity index (χ2v) is 17.7. The van der Waals surface area contributed by atoms with E-state index in [4.69, 9.17) is 4.43 Å². The maximum Gasteiger partial charge on any atom is 0.192 e. The van der Waals surface area contributed by atoms with Crippen LogP contribution in [0.5, 0.6) is 0 Å². The highest BCUT2D eigenvalue weighted by Gasteiger charge is 2.60. The van der Waals surface area contributed by atoms with Crippen LogP contribution in [-0.4, -0.2) is 20.2 Å². The van der Waals surface area contributed by atoms with Gasteiger partial charge in [-0.15, -0.1) is 0 Å². The van der Waals surface area contributed by atoms with Crippen LogP contribution in [0.25, 0.3) is 0 Å². The molecule has 2 nitrogen and oxygen atoms in total. The van der Waals surface area contributed by atoms with Crippen LogP contribution in [0.3, 0.4) is 0 Å². The number of carbonyl (C=O) groups excluding carboxylic acids is 1. The van der Waals surface area contributed by atoms with Crippen molar-refractivity contribution in [1.82, 2.24) is 0 Å². The van der Waals surface area contributed by atoms with Crippen molar-refractivity contribution in [1.29, 1.82) is 0 Å². The van der Waals surface area contributed by atoms with Gasteiger partial charge < -0.3 is 4.43 Å². The Bertz CT molecular complexity index is 717. The Morgan fingerprint density at radius 1 is 1.07 bits per heavy atom. The summed E-state index contributed by atoms with van der Waals surface area (Å²) in [5.41, 5.74) is 1.99. The Balaban J connectivity index is 1.56. The Morgan fingerprint density at radius 3 is 2.38 bits per heavy atom. The van der Waals surface area contributed by atoms with Crippen LogP contribution >= 0.6 is 0 Å². The van der Waals surface area contributed by atoms with Gasteiger partial charge in [0.25, 0.3) is 0 Å². The Kier molecular flexibility index (Phi) is 5.11. The molecule has 3 fully saturated rings. The minimum atomic E-state index is -1.72. The van der Waals surface area contributed by atoms with Gasteiger partial charge in [0.15, 0.2) is 8.32 Å². The molecule has 7 atom stereocenters. The van der Waals surface area contributed by atoms with Gasteiger partial charge in [-0.1, -0.05) is 53.2 Å². The van der Waals surface area contributed by atoms with Crippen molar-refractivity contribution < 1.29 is 9.22 Å². The van der Waals surface area contributed by atoms with E-state index in [1.165, 1.54) is 25.7 Å². The maximum atomic E-state index is 12.8. The molecule has 0 heterocycles. The van der Waals surface area contributed by atoms with Crippen LogP contribution in [0.15, 0.2) is 11.6 Å². The molecular weight excluding hydrogens is 372 g/mol. The molecular formula is C26H44O2Si. The van der Waals surface area contributed by atoms with Gasteiger partial charge in [0.1, 0.15) is 5.78 Å². The summed E-state index contributed by atoms with van der Waals surface area (Å²) in [6, 6.07) is 0. The minimum absolute atomic E-state index is 0.0368. The SMILES string of the molecule is C[C@H]1CC(=O)[C@@]2(C)CC[C@H]3[C@@H](CC=C4C[C@@H](O[Si](C)(C)C(C)(C)C)CC[C@@]43C)[C@H]12. The Labute approximate surface area is 180 Å². The third kappa shape index (κ3) is 3.25. The molecule has 29 heavy (non-hydrogen) atoms. The molecule has 0 N–H and O–H groups in total. The summed E-state index contributed by atoms with van der Waals surface area (Å²) in [6.45, 7) is 19.0. The molecule has 0 aromatic heterocycles. The fourth-order valence-corrected chi connectivity index (χ4v) is 8.99. The number of fused-ring (bicyclic) bond motifs is 5. The molecule has 4 rings (SSSR count). The third-order valence-corrected chi connectivity index (χ3v) is 14.9. The van der Waals surface area contributed by atoms with Gasteiger partial charge in [-0.2, -0.15) is 0 Å². The van der Waals surface area contributed by atoms with E-state index in [9.17, 15) is 4.79 Å². The Morgan fingerprint density at radius 2 is 1.72 bits per heavy atom. The van der Waals surface area contributed by atoms with Crippen molar-refractivity contribution >= 4 is 14.1 Å². The van der Waals surface area contributed by atoms with Crippen LogP contribution < -0.4 is 0 Å². The van der Waals surface area contributed by atoms with E-state index in [0.29, 0.717) is 35.1 Å². The molecule has 4 aliphatic rings. The lowest BCUT2D eigenvalue weighted by atomic mass is 9.47. The zero-order valence-electron chi connectivity index (χ0n) is 20.2. The largest absolute Gasteiger partial charge is 0.414 e. The highest BCUT2D eigenvalue weighted by atomic mass is 28.4. The Hall–Kier alpha value is -0.413. The lowest BCUT2D eigenvalue weighted by Crippen LogP contribution is -2.52. The normalized spacial score (nSPS) is 45.3. The lowest BCUT2D eigenvalue weighted by Gasteiger charge is -2.58. The summed E-state index contributed by atoms with van der Waals surface area (Å²) in [5.74, 6) is 3.20. The van der Waals surface area contributed by atoms with Gasteiger partial charge in [0, 0.05) is 17.9 Å². The first kappa shape index (κ1) is 21.8. The average molecular weight is 417 g/mol. The molecule has 0 aromatic carbocycles. The van der Waals surface area contributed by atoms with Crippen LogP contribution in [0, 0.1) is 34.5 Å². The maximum absolute atomic E-state index is 12.8. The van der Waals surface area contributed by atoms with Gasteiger partial charge in [-0.3, -0.25) is 4.79 Å². The third-order valence-electron chi connectivity index (χ3n) is 10.3. The summed E-state index contributed by atoms with van der Waals surface area (Å²) in [7, 11) is -1.72. The molecule has 0 unspecified atom stereocenters. The average Bonchev–Trinajstić information content (AvgIpc) is 2.83. The van der Waals surface area contributed by atoms with E-state index >= 15 is 0 Å². The first-order valence-electron chi connectivity index (χ1n) is 12.2. The van der Waals surface area contributed by atoms with Crippen molar-refractivity contribution in [3.05, 3.63) is 11.6 Å². The van der Waals surface area contributed by atoms with Crippen molar-refractivity contribution in [2.45, 2.75) is 111 Å². The summed E-state index contributed by atoms with van der Waals surface area (Å²) >= 11 is 0. The van der Waals surface area contributed by atoms with Gasteiger partial charge in [0.2, 0.25) is 0 Å². The van der Waals surface area contributed by atoms with Gasteiger partial charge in [-0.05, 0) is 85.7 Å².